The molecule has 0 aromatic heterocycles. The average molecular weight is 480 g/mol. The van der Waals surface area contributed by atoms with Crippen LogP contribution in [0.4, 0.5) is 0 Å². The molecule has 0 saturated heterocycles. The van der Waals surface area contributed by atoms with Gasteiger partial charge in [-0.15, -0.1) is 0 Å². The van der Waals surface area contributed by atoms with Crippen LogP contribution < -0.4 is 47.1 Å². The summed E-state index contributed by atoms with van der Waals surface area (Å²) in [6.45, 7) is 3.63. The van der Waals surface area contributed by atoms with Crippen molar-refractivity contribution < 1.29 is 61.5 Å². The SMILES string of the molecule is CCCCCCCCCCCCCCCC[N+](C)(C)C.O=C(O)c1ccccc1[O-].[Cl-].[Na+]. The van der Waals surface area contributed by atoms with E-state index in [1.165, 1.54) is 121 Å². The van der Waals surface area contributed by atoms with Gasteiger partial charge in [-0.3, -0.25) is 0 Å². The van der Waals surface area contributed by atoms with Gasteiger partial charge in [-0.2, -0.15) is 0 Å². The van der Waals surface area contributed by atoms with Gasteiger partial charge in [0.1, 0.15) is 0 Å². The first-order valence-electron chi connectivity index (χ1n) is 12.1. The number of aromatic carboxylic acids is 1. The van der Waals surface area contributed by atoms with Crippen LogP contribution in [0.15, 0.2) is 24.3 Å². The van der Waals surface area contributed by atoms with Gasteiger partial charge in [0.15, 0.2) is 0 Å². The molecule has 1 aromatic carbocycles. The molecule has 0 atom stereocenters. The molecule has 32 heavy (non-hydrogen) atoms. The number of hydrogen-bond donors (Lipinski definition) is 1. The second kappa shape index (κ2) is 23.9. The number of carboxylic acid groups (broad SMARTS) is 1. The van der Waals surface area contributed by atoms with Gasteiger partial charge in [0.25, 0.3) is 0 Å². The van der Waals surface area contributed by atoms with Crippen LogP contribution in [0, 0.1) is 0 Å². The van der Waals surface area contributed by atoms with Crippen LogP contribution in [-0.2, 0) is 0 Å². The molecule has 1 N–H and O–H groups in total. The van der Waals surface area contributed by atoms with Crippen molar-refractivity contribution in [1.29, 1.82) is 0 Å². The number of hydrogen-bond acceptors (Lipinski definition) is 2. The van der Waals surface area contributed by atoms with E-state index in [0.29, 0.717) is 0 Å². The number of rotatable bonds is 16. The van der Waals surface area contributed by atoms with Crippen molar-refractivity contribution >= 4 is 5.97 Å². The molecule has 0 amide bonds. The number of unbranched alkanes of at least 4 members (excludes halogenated alkanes) is 13. The largest absolute Gasteiger partial charge is 1.00 e. The Morgan fingerprint density at radius 3 is 1.47 bits per heavy atom. The zero-order valence-corrected chi connectivity index (χ0v) is 24.3. The van der Waals surface area contributed by atoms with E-state index in [-0.39, 0.29) is 47.5 Å². The van der Waals surface area contributed by atoms with Crippen LogP contribution in [0.5, 0.6) is 5.75 Å². The Balaban J connectivity index is -0.000000591. The molecule has 0 aliphatic heterocycles. The first-order chi connectivity index (χ1) is 14.3. The smallest absolute Gasteiger partial charge is 1.00 e. The summed E-state index contributed by atoms with van der Waals surface area (Å²) in [5.41, 5.74) is -0.178. The zero-order chi connectivity index (χ0) is 22.7. The monoisotopic (exact) mass is 479 g/mol. The molecule has 0 aliphatic rings. The number of halogens is 1. The van der Waals surface area contributed by atoms with E-state index in [1.807, 2.05) is 0 Å². The van der Waals surface area contributed by atoms with Crippen molar-refractivity contribution in [2.75, 3.05) is 27.7 Å². The quantitative estimate of drug-likeness (QED) is 0.215. The minimum atomic E-state index is -1.18. The third-order valence-corrected chi connectivity index (χ3v) is 5.30. The summed E-state index contributed by atoms with van der Waals surface area (Å²) in [5.74, 6) is -1.62. The molecule has 6 heteroatoms. The van der Waals surface area contributed by atoms with Crippen LogP contribution in [0.1, 0.15) is 107 Å². The minimum absolute atomic E-state index is 0. The van der Waals surface area contributed by atoms with Crippen LogP contribution in [0.25, 0.3) is 0 Å². The van der Waals surface area contributed by atoms with Gasteiger partial charge in [0.05, 0.1) is 33.3 Å². The Morgan fingerprint density at radius 2 is 1.16 bits per heavy atom. The summed E-state index contributed by atoms with van der Waals surface area (Å²) < 4.78 is 1.12. The summed E-state index contributed by atoms with van der Waals surface area (Å²) >= 11 is 0. The maximum absolute atomic E-state index is 10.7. The van der Waals surface area contributed by atoms with Crippen LogP contribution in [-0.4, -0.2) is 43.2 Å². The summed E-state index contributed by atoms with van der Waals surface area (Å²) in [6.07, 6.45) is 20.4. The van der Waals surface area contributed by atoms with Crippen molar-refractivity contribution in [3.8, 4) is 5.75 Å². The third kappa shape index (κ3) is 24.4. The Morgan fingerprint density at radius 1 is 0.781 bits per heavy atom. The van der Waals surface area contributed by atoms with Crippen LogP contribution in [0.3, 0.4) is 0 Å². The fraction of sp³-hybridized carbons (Fsp3) is 0.731. The molecule has 0 heterocycles. The predicted octanol–water partition coefficient (Wildman–Crippen LogP) is 0.640. The van der Waals surface area contributed by atoms with E-state index in [9.17, 15) is 9.90 Å². The summed E-state index contributed by atoms with van der Waals surface area (Å²) in [4.78, 5) is 10.2. The predicted molar refractivity (Wildman–Crippen MR) is 126 cm³/mol. The number of carbonyl (C=O) groups is 1. The molecule has 4 nitrogen and oxygen atoms in total. The van der Waals surface area contributed by atoms with Gasteiger partial charge in [-0.05, 0) is 18.9 Å². The minimum Gasteiger partial charge on any atom is -1.00 e. The van der Waals surface area contributed by atoms with Crippen molar-refractivity contribution in [2.24, 2.45) is 0 Å². The maximum atomic E-state index is 10.7. The molecule has 0 bridgehead atoms. The van der Waals surface area contributed by atoms with Crippen molar-refractivity contribution in [2.45, 2.75) is 96.8 Å². The molecule has 1 aromatic rings. The van der Waals surface area contributed by atoms with E-state index in [0.717, 1.165) is 4.48 Å². The van der Waals surface area contributed by atoms with Crippen LogP contribution >= 0.6 is 0 Å². The van der Waals surface area contributed by atoms with Gasteiger partial charge in [-0.1, -0.05) is 108 Å². The Kier molecular flexibility index (Phi) is 27.1. The summed E-state index contributed by atoms with van der Waals surface area (Å²) in [5, 5.41) is 19.0. The van der Waals surface area contributed by atoms with E-state index in [1.54, 1.807) is 0 Å². The van der Waals surface area contributed by atoms with Gasteiger partial charge in [-0.25, -0.2) is 4.79 Å². The molecule has 0 aliphatic carbocycles. The maximum Gasteiger partial charge on any atom is 1.00 e. The molecule has 0 unspecified atom stereocenters. The molecule has 0 saturated carbocycles. The van der Waals surface area contributed by atoms with Gasteiger partial charge >= 0.3 is 35.5 Å². The van der Waals surface area contributed by atoms with Gasteiger partial charge < -0.3 is 27.1 Å². The zero-order valence-electron chi connectivity index (χ0n) is 21.5. The second-order valence-corrected chi connectivity index (χ2v) is 9.41. The second-order valence-electron chi connectivity index (χ2n) is 9.41. The van der Waals surface area contributed by atoms with Crippen LogP contribution in [0.2, 0.25) is 0 Å². The molecule has 182 valence electrons. The van der Waals surface area contributed by atoms with E-state index in [4.69, 9.17) is 5.11 Å². The first-order valence-corrected chi connectivity index (χ1v) is 12.1. The van der Waals surface area contributed by atoms with E-state index in [2.05, 4.69) is 28.1 Å². The molecular weight excluding hydrogens is 433 g/mol. The molecule has 1 rings (SSSR count). The third-order valence-electron chi connectivity index (χ3n) is 5.30. The molecule has 0 spiro atoms. The first kappa shape index (κ1) is 36.3. The van der Waals surface area contributed by atoms with E-state index < -0.39 is 11.7 Å². The topological polar surface area (TPSA) is 60.4 Å². The van der Waals surface area contributed by atoms with E-state index >= 15 is 0 Å². The summed E-state index contributed by atoms with van der Waals surface area (Å²) in [7, 11) is 6.88. The fourth-order valence-corrected chi connectivity index (χ4v) is 3.42. The summed E-state index contributed by atoms with van der Waals surface area (Å²) in [6, 6.07) is 5.54. The van der Waals surface area contributed by atoms with Crippen molar-refractivity contribution in [1.82, 2.24) is 0 Å². The van der Waals surface area contributed by atoms with Gasteiger partial charge in [0.2, 0.25) is 0 Å². The number of para-hydroxylation sites is 1. The average Bonchev–Trinajstić information content (AvgIpc) is 2.68. The molecule has 0 radical (unpaired) electrons. The van der Waals surface area contributed by atoms with Crippen molar-refractivity contribution in [3.05, 3.63) is 29.8 Å². The Labute approximate surface area is 226 Å². The van der Waals surface area contributed by atoms with Crippen molar-refractivity contribution in [3.63, 3.8) is 0 Å². The Hall–Kier alpha value is -0.260. The molecule has 0 fully saturated rings. The standard InChI is InChI=1S/C19H42N.C7H6O3.ClH.Na/c1-5-6-7-8-9-10-11-12-13-14-15-16-17-18-19-20(2,3)4;8-6-4-2-1-3-5(6)7(9)10;;/h5-19H2,1-4H3;1-4,8H,(H,9,10);1H;/q+1;;;+1/p-2. The number of quaternary nitrogens is 1. The Bertz CT molecular complexity index is 550. The fourth-order valence-electron chi connectivity index (χ4n) is 3.42. The normalized spacial score (nSPS) is 10.4. The number of benzene rings is 1. The molecular formula is C26H47ClNNaO3. The van der Waals surface area contributed by atoms with Gasteiger partial charge in [0, 0.05) is 0 Å². The number of nitrogens with zero attached hydrogens (tertiary/aromatic N) is 1. The number of carboxylic acids is 1.